The first-order valence-corrected chi connectivity index (χ1v) is 12.2. The standard InChI is InChI=1S/C30H34O6/c1-2-18-33-27-25(31)26(32)28(34-19-22-12-6-3-7-13-22)30(36-21-24-16-10-5-11-17-24)29(27)35-20-23-14-8-4-9-15-23/h2-17,25-32H,1,18-21H2/t25-,26+,27-,28+,29-,30-/m1/s1. The summed E-state index contributed by atoms with van der Waals surface area (Å²) in [5.74, 6) is 0. The molecule has 0 unspecified atom stereocenters. The molecule has 2 N–H and O–H groups in total. The molecule has 0 heterocycles. The molecule has 6 atom stereocenters. The molecule has 1 aliphatic rings. The van der Waals surface area contributed by atoms with Gasteiger partial charge < -0.3 is 29.2 Å². The Bertz CT molecular complexity index is 1030. The lowest BCUT2D eigenvalue weighted by Crippen LogP contribution is -2.66. The van der Waals surface area contributed by atoms with Gasteiger partial charge in [-0.1, -0.05) is 97.1 Å². The number of aliphatic hydroxyl groups excluding tert-OH is 2. The zero-order valence-electron chi connectivity index (χ0n) is 20.3. The van der Waals surface area contributed by atoms with Gasteiger partial charge in [0.1, 0.15) is 36.6 Å². The second-order valence-electron chi connectivity index (χ2n) is 8.85. The molecule has 3 aromatic rings. The first-order chi connectivity index (χ1) is 17.7. The van der Waals surface area contributed by atoms with Crippen LogP contribution in [0.5, 0.6) is 0 Å². The van der Waals surface area contributed by atoms with E-state index in [0.29, 0.717) is 13.2 Å². The van der Waals surface area contributed by atoms with Gasteiger partial charge in [-0.3, -0.25) is 0 Å². The lowest BCUT2D eigenvalue weighted by atomic mass is 9.84. The van der Waals surface area contributed by atoms with E-state index in [2.05, 4.69) is 6.58 Å². The molecule has 6 nitrogen and oxygen atoms in total. The summed E-state index contributed by atoms with van der Waals surface area (Å²) in [6.45, 7) is 4.75. The number of aliphatic hydroxyl groups is 2. The van der Waals surface area contributed by atoms with Crippen LogP contribution in [0.2, 0.25) is 0 Å². The van der Waals surface area contributed by atoms with Crippen molar-refractivity contribution >= 4 is 0 Å². The van der Waals surface area contributed by atoms with E-state index in [9.17, 15) is 10.2 Å². The Morgan fingerprint density at radius 3 is 1.22 bits per heavy atom. The van der Waals surface area contributed by atoms with Crippen LogP contribution < -0.4 is 0 Å². The molecule has 1 fully saturated rings. The fourth-order valence-electron chi connectivity index (χ4n) is 4.40. The van der Waals surface area contributed by atoms with E-state index in [1.165, 1.54) is 0 Å². The highest BCUT2D eigenvalue weighted by atomic mass is 16.6. The summed E-state index contributed by atoms with van der Waals surface area (Å²) in [5.41, 5.74) is 2.90. The van der Waals surface area contributed by atoms with Gasteiger partial charge in [0.05, 0.1) is 26.4 Å². The Morgan fingerprint density at radius 1 is 0.528 bits per heavy atom. The first kappa shape index (κ1) is 26.2. The highest BCUT2D eigenvalue weighted by molar-refractivity contribution is 5.16. The van der Waals surface area contributed by atoms with Crippen LogP contribution in [0.3, 0.4) is 0 Å². The van der Waals surface area contributed by atoms with Crippen molar-refractivity contribution in [2.45, 2.75) is 56.4 Å². The molecule has 6 heteroatoms. The third kappa shape index (κ3) is 6.89. The van der Waals surface area contributed by atoms with Gasteiger partial charge in [-0.2, -0.15) is 0 Å². The Kier molecular flexibility index (Phi) is 9.81. The Balaban J connectivity index is 1.60. The largest absolute Gasteiger partial charge is 0.387 e. The average molecular weight is 491 g/mol. The van der Waals surface area contributed by atoms with Gasteiger partial charge in [0.15, 0.2) is 0 Å². The third-order valence-electron chi connectivity index (χ3n) is 6.26. The molecule has 0 aliphatic heterocycles. The number of ether oxygens (including phenoxy) is 4. The van der Waals surface area contributed by atoms with Gasteiger partial charge in [0, 0.05) is 0 Å². The minimum absolute atomic E-state index is 0.195. The summed E-state index contributed by atoms with van der Waals surface area (Å²) >= 11 is 0. The van der Waals surface area contributed by atoms with Crippen LogP contribution in [0.4, 0.5) is 0 Å². The van der Waals surface area contributed by atoms with Crippen LogP contribution >= 0.6 is 0 Å². The molecule has 190 valence electrons. The van der Waals surface area contributed by atoms with E-state index in [-0.39, 0.29) is 13.2 Å². The average Bonchev–Trinajstić information content (AvgIpc) is 2.93. The van der Waals surface area contributed by atoms with Crippen LogP contribution in [0.1, 0.15) is 16.7 Å². The molecule has 0 bridgehead atoms. The fourth-order valence-corrected chi connectivity index (χ4v) is 4.40. The lowest BCUT2D eigenvalue weighted by Gasteiger charge is -2.47. The zero-order chi connectivity index (χ0) is 25.2. The van der Waals surface area contributed by atoms with E-state index < -0.39 is 36.6 Å². The van der Waals surface area contributed by atoms with Gasteiger partial charge in [-0.25, -0.2) is 0 Å². The summed E-state index contributed by atoms with van der Waals surface area (Å²) in [7, 11) is 0. The molecule has 1 aliphatic carbocycles. The number of hydrogen-bond donors (Lipinski definition) is 2. The predicted octanol–water partition coefficient (Wildman–Crippen LogP) is 4.05. The molecule has 36 heavy (non-hydrogen) atoms. The summed E-state index contributed by atoms with van der Waals surface area (Å²) in [6.07, 6.45) is -3.94. The smallest absolute Gasteiger partial charge is 0.116 e. The SMILES string of the molecule is C=CCO[C@@H]1[C@H](O)[C@H](O)[C@H](OCc2ccccc2)[C@@H](OCc2ccccc2)[C@@H]1OCc1ccccc1. The maximum absolute atomic E-state index is 11.1. The Labute approximate surface area is 212 Å². The monoisotopic (exact) mass is 490 g/mol. The molecular formula is C30H34O6. The van der Waals surface area contributed by atoms with Gasteiger partial charge in [0.25, 0.3) is 0 Å². The summed E-state index contributed by atoms with van der Waals surface area (Å²) in [5, 5.41) is 22.2. The maximum atomic E-state index is 11.1. The minimum Gasteiger partial charge on any atom is -0.387 e. The Hall–Kier alpha value is -2.84. The third-order valence-corrected chi connectivity index (χ3v) is 6.26. The second kappa shape index (κ2) is 13.5. The van der Waals surface area contributed by atoms with Crippen molar-refractivity contribution in [1.82, 2.24) is 0 Å². The van der Waals surface area contributed by atoms with E-state index in [0.717, 1.165) is 16.7 Å². The number of rotatable bonds is 12. The van der Waals surface area contributed by atoms with Crippen molar-refractivity contribution in [3.8, 4) is 0 Å². The highest BCUT2D eigenvalue weighted by Gasteiger charge is 2.52. The predicted molar refractivity (Wildman–Crippen MR) is 137 cm³/mol. The molecule has 0 saturated heterocycles. The van der Waals surface area contributed by atoms with Crippen LogP contribution in [0.25, 0.3) is 0 Å². The van der Waals surface area contributed by atoms with Crippen molar-refractivity contribution in [2.75, 3.05) is 6.61 Å². The zero-order valence-corrected chi connectivity index (χ0v) is 20.3. The lowest BCUT2D eigenvalue weighted by molar-refractivity contribution is -0.270. The van der Waals surface area contributed by atoms with Crippen molar-refractivity contribution in [1.29, 1.82) is 0 Å². The van der Waals surface area contributed by atoms with Crippen LogP contribution in [0.15, 0.2) is 104 Å². The molecule has 0 aromatic heterocycles. The van der Waals surface area contributed by atoms with Crippen molar-refractivity contribution in [2.24, 2.45) is 0 Å². The van der Waals surface area contributed by atoms with E-state index in [1.807, 2.05) is 91.0 Å². The van der Waals surface area contributed by atoms with E-state index in [1.54, 1.807) is 6.08 Å². The van der Waals surface area contributed by atoms with Crippen molar-refractivity contribution in [3.63, 3.8) is 0 Å². The fraction of sp³-hybridized carbons (Fsp3) is 0.333. The normalized spacial score (nSPS) is 25.9. The molecule has 0 spiro atoms. The minimum atomic E-state index is -1.24. The first-order valence-electron chi connectivity index (χ1n) is 12.2. The number of hydrogen-bond acceptors (Lipinski definition) is 6. The highest BCUT2D eigenvalue weighted by Crippen LogP contribution is 2.32. The van der Waals surface area contributed by atoms with E-state index in [4.69, 9.17) is 18.9 Å². The van der Waals surface area contributed by atoms with Gasteiger partial charge in [0.2, 0.25) is 0 Å². The molecule has 0 radical (unpaired) electrons. The molecule has 1 saturated carbocycles. The summed E-state index contributed by atoms with van der Waals surface area (Å²) in [6, 6.07) is 29.2. The van der Waals surface area contributed by atoms with Crippen LogP contribution in [-0.4, -0.2) is 53.4 Å². The summed E-state index contributed by atoms with van der Waals surface area (Å²) < 4.78 is 24.8. The maximum Gasteiger partial charge on any atom is 0.116 e. The molecule has 0 amide bonds. The van der Waals surface area contributed by atoms with Crippen LogP contribution in [-0.2, 0) is 38.8 Å². The van der Waals surface area contributed by atoms with Crippen molar-refractivity contribution < 1.29 is 29.2 Å². The second-order valence-corrected chi connectivity index (χ2v) is 8.85. The van der Waals surface area contributed by atoms with Gasteiger partial charge >= 0.3 is 0 Å². The van der Waals surface area contributed by atoms with Gasteiger partial charge in [-0.15, -0.1) is 6.58 Å². The molecule has 3 aromatic carbocycles. The summed E-state index contributed by atoms with van der Waals surface area (Å²) in [4.78, 5) is 0. The van der Waals surface area contributed by atoms with E-state index >= 15 is 0 Å². The van der Waals surface area contributed by atoms with Gasteiger partial charge in [-0.05, 0) is 16.7 Å². The Morgan fingerprint density at radius 2 is 0.861 bits per heavy atom. The number of benzene rings is 3. The molecule has 4 rings (SSSR count). The topological polar surface area (TPSA) is 77.4 Å². The van der Waals surface area contributed by atoms with Crippen molar-refractivity contribution in [3.05, 3.63) is 120 Å². The quantitative estimate of drug-likeness (QED) is 0.373. The molecular weight excluding hydrogens is 456 g/mol. The van der Waals surface area contributed by atoms with Crippen LogP contribution in [0, 0.1) is 0 Å².